The first kappa shape index (κ1) is 21.2. The van der Waals surface area contributed by atoms with E-state index < -0.39 is 45.2 Å². The molecule has 0 fully saturated rings. The van der Waals surface area contributed by atoms with Crippen molar-refractivity contribution >= 4 is 32.8 Å². The lowest BCUT2D eigenvalue weighted by Gasteiger charge is -2.14. The number of hydrogen-bond acceptors (Lipinski definition) is 6. The van der Waals surface area contributed by atoms with Gasteiger partial charge in [-0.3, -0.25) is 4.79 Å². The SMILES string of the molecule is CS(C)(=O)=Nc1cc(NC(=O)C2CCc3c2cnc2cc(F)nn32)cc(C(F)(F)F)n1. The van der Waals surface area contributed by atoms with Crippen molar-refractivity contribution in [3.8, 4) is 0 Å². The second-order valence-electron chi connectivity index (χ2n) is 7.35. The van der Waals surface area contributed by atoms with Gasteiger partial charge in [0.15, 0.2) is 11.5 Å². The van der Waals surface area contributed by atoms with Gasteiger partial charge in [0.1, 0.15) is 5.69 Å². The van der Waals surface area contributed by atoms with Crippen molar-refractivity contribution in [2.45, 2.75) is 24.9 Å². The normalized spacial score (nSPS) is 16.4. The lowest BCUT2D eigenvalue weighted by molar-refractivity contribution is -0.141. The van der Waals surface area contributed by atoms with Crippen molar-refractivity contribution < 1.29 is 26.6 Å². The summed E-state index contributed by atoms with van der Waals surface area (Å²) in [6, 6.07) is 2.97. The van der Waals surface area contributed by atoms with Gasteiger partial charge in [-0.1, -0.05) is 0 Å². The molecule has 13 heteroatoms. The third-order valence-corrected chi connectivity index (χ3v) is 5.26. The van der Waals surface area contributed by atoms with Gasteiger partial charge in [-0.2, -0.15) is 21.9 Å². The molecule has 0 saturated heterocycles. The Hall–Kier alpha value is -3.09. The van der Waals surface area contributed by atoms with Crippen LogP contribution in [0.4, 0.5) is 29.1 Å². The Balaban J connectivity index is 1.67. The average molecular weight is 456 g/mol. The Labute approximate surface area is 173 Å². The van der Waals surface area contributed by atoms with E-state index in [1.807, 2.05) is 0 Å². The molecule has 0 aliphatic heterocycles. The zero-order chi connectivity index (χ0) is 22.6. The first-order chi connectivity index (χ1) is 14.4. The summed E-state index contributed by atoms with van der Waals surface area (Å²) >= 11 is 0. The molecule has 4 rings (SSSR count). The van der Waals surface area contributed by atoms with Crippen LogP contribution in [-0.4, -0.2) is 42.2 Å². The van der Waals surface area contributed by atoms with Crippen LogP contribution >= 0.6 is 0 Å². The van der Waals surface area contributed by atoms with Gasteiger partial charge in [-0.05, 0) is 18.9 Å². The van der Waals surface area contributed by atoms with Crippen LogP contribution in [0.5, 0.6) is 0 Å². The summed E-state index contributed by atoms with van der Waals surface area (Å²) in [7, 11) is -2.78. The molecular weight excluding hydrogens is 440 g/mol. The van der Waals surface area contributed by atoms with E-state index in [9.17, 15) is 26.6 Å². The fraction of sp³-hybridized carbons (Fsp3) is 0.333. The molecule has 164 valence electrons. The van der Waals surface area contributed by atoms with E-state index >= 15 is 0 Å². The van der Waals surface area contributed by atoms with Crippen molar-refractivity contribution in [2.24, 2.45) is 4.36 Å². The van der Waals surface area contributed by atoms with Gasteiger partial charge in [-0.25, -0.2) is 18.7 Å². The van der Waals surface area contributed by atoms with Gasteiger partial charge in [0, 0.05) is 51.8 Å². The minimum atomic E-state index is -4.78. The first-order valence-corrected chi connectivity index (χ1v) is 11.3. The molecule has 0 bridgehead atoms. The molecule has 0 radical (unpaired) electrons. The van der Waals surface area contributed by atoms with Crippen LogP contribution in [0.1, 0.15) is 29.3 Å². The Kier molecular flexibility index (Phi) is 4.95. The summed E-state index contributed by atoms with van der Waals surface area (Å²) in [5.74, 6) is -2.37. The van der Waals surface area contributed by atoms with Crippen LogP contribution in [0.3, 0.4) is 0 Å². The Morgan fingerprint density at radius 1 is 1.29 bits per heavy atom. The van der Waals surface area contributed by atoms with Crippen LogP contribution in [0.15, 0.2) is 28.8 Å². The molecule has 1 N–H and O–H groups in total. The topological polar surface area (TPSA) is 102 Å². The molecule has 0 spiro atoms. The third-order valence-electron chi connectivity index (χ3n) is 4.63. The highest BCUT2D eigenvalue weighted by molar-refractivity contribution is 7.92. The fourth-order valence-corrected chi connectivity index (χ4v) is 4.00. The minimum Gasteiger partial charge on any atom is -0.325 e. The number of rotatable bonds is 3. The van der Waals surface area contributed by atoms with E-state index in [2.05, 4.69) is 24.7 Å². The van der Waals surface area contributed by atoms with Gasteiger partial charge < -0.3 is 5.32 Å². The quantitative estimate of drug-likeness (QED) is 0.610. The number of nitrogens with zero attached hydrogens (tertiary/aromatic N) is 5. The van der Waals surface area contributed by atoms with E-state index in [1.165, 1.54) is 23.2 Å². The Morgan fingerprint density at radius 2 is 2.03 bits per heavy atom. The maximum Gasteiger partial charge on any atom is 0.433 e. The smallest absolute Gasteiger partial charge is 0.325 e. The molecule has 1 unspecified atom stereocenters. The number of alkyl halides is 3. The van der Waals surface area contributed by atoms with E-state index in [0.717, 1.165) is 12.1 Å². The number of hydrogen-bond donors (Lipinski definition) is 1. The van der Waals surface area contributed by atoms with Crippen LogP contribution in [0.25, 0.3) is 5.65 Å². The zero-order valence-corrected chi connectivity index (χ0v) is 17.1. The molecule has 1 aliphatic rings. The first-order valence-electron chi connectivity index (χ1n) is 9.01. The lowest BCUT2D eigenvalue weighted by Crippen LogP contribution is -2.20. The van der Waals surface area contributed by atoms with Crippen molar-refractivity contribution in [1.29, 1.82) is 0 Å². The Bertz CT molecular complexity index is 1320. The standard InChI is InChI=1S/C18H16F4N6O2S/c1-31(2,30)27-15-6-9(5-13(25-15)18(20,21)22)24-17(29)10-3-4-12-11(10)8-23-16-7-14(19)26-28(12)16/h5-8,10H,3-4H2,1-2H3,(H,24,25,29). The monoisotopic (exact) mass is 456 g/mol. The molecule has 3 heterocycles. The van der Waals surface area contributed by atoms with Crippen LogP contribution < -0.4 is 5.32 Å². The predicted octanol–water partition coefficient (Wildman–Crippen LogP) is 3.31. The van der Waals surface area contributed by atoms with E-state index in [4.69, 9.17) is 0 Å². The number of carbonyl (C=O) groups excluding carboxylic acids is 1. The van der Waals surface area contributed by atoms with Crippen LogP contribution in [-0.2, 0) is 27.1 Å². The molecule has 3 aromatic rings. The summed E-state index contributed by atoms with van der Waals surface area (Å²) in [5, 5.41) is 6.18. The molecule has 0 saturated carbocycles. The van der Waals surface area contributed by atoms with Crippen molar-refractivity contribution in [3.05, 3.63) is 47.3 Å². The zero-order valence-electron chi connectivity index (χ0n) is 16.3. The molecule has 0 aromatic carbocycles. The summed E-state index contributed by atoms with van der Waals surface area (Å²) < 4.78 is 70.1. The lowest BCUT2D eigenvalue weighted by atomic mass is 10.0. The van der Waals surface area contributed by atoms with Crippen LogP contribution in [0, 0.1) is 5.95 Å². The highest BCUT2D eigenvalue weighted by Crippen LogP contribution is 2.35. The highest BCUT2D eigenvalue weighted by atomic mass is 32.2. The number of anilines is 1. The van der Waals surface area contributed by atoms with Gasteiger partial charge >= 0.3 is 6.18 Å². The molecule has 31 heavy (non-hydrogen) atoms. The van der Waals surface area contributed by atoms with Crippen molar-refractivity contribution in [1.82, 2.24) is 19.6 Å². The molecule has 1 aliphatic carbocycles. The molecule has 1 amide bonds. The number of fused-ring (bicyclic) bond motifs is 3. The summed E-state index contributed by atoms with van der Waals surface area (Å²) in [4.78, 5) is 20.3. The summed E-state index contributed by atoms with van der Waals surface area (Å²) in [5.41, 5.74) is -0.00657. The third kappa shape index (κ3) is 4.36. The molecule has 1 atom stereocenters. The molecule has 3 aromatic heterocycles. The maximum atomic E-state index is 13.4. The number of aromatic nitrogens is 4. The van der Waals surface area contributed by atoms with Gasteiger partial charge in [0.25, 0.3) is 0 Å². The predicted molar refractivity (Wildman–Crippen MR) is 104 cm³/mol. The minimum absolute atomic E-state index is 0.178. The fourth-order valence-electron chi connectivity index (χ4n) is 3.45. The highest BCUT2D eigenvalue weighted by Gasteiger charge is 2.35. The Morgan fingerprint density at radius 3 is 2.71 bits per heavy atom. The van der Waals surface area contributed by atoms with E-state index in [0.29, 0.717) is 35.8 Å². The van der Waals surface area contributed by atoms with Gasteiger partial charge in [-0.15, -0.1) is 5.10 Å². The van der Waals surface area contributed by atoms with Crippen LogP contribution in [0.2, 0.25) is 0 Å². The summed E-state index contributed by atoms with van der Waals surface area (Å²) in [6.07, 6.45) is -0.0432. The van der Waals surface area contributed by atoms with Crippen molar-refractivity contribution in [3.63, 3.8) is 0 Å². The number of nitrogens with one attached hydrogen (secondary N) is 1. The molecule has 8 nitrogen and oxygen atoms in total. The number of amides is 1. The number of halogens is 4. The van der Waals surface area contributed by atoms with E-state index in [1.54, 1.807) is 0 Å². The number of carbonyl (C=O) groups is 1. The van der Waals surface area contributed by atoms with Gasteiger partial charge in [0.2, 0.25) is 11.9 Å². The van der Waals surface area contributed by atoms with Gasteiger partial charge in [0.05, 0.1) is 11.6 Å². The van der Waals surface area contributed by atoms with Crippen molar-refractivity contribution in [2.75, 3.05) is 17.8 Å². The second-order valence-corrected chi connectivity index (χ2v) is 9.89. The average Bonchev–Trinajstić information content (AvgIpc) is 3.21. The maximum absolute atomic E-state index is 13.4. The number of aryl methyl sites for hydroxylation is 1. The largest absolute Gasteiger partial charge is 0.433 e. The number of pyridine rings is 1. The summed E-state index contributed by atoms with van der Waals surface area (Å²) in [6.45, 7) is 0. The molecular formula is C18H16F4N6O2S. The van der Waals surface area contributed by atoms with E-state index in [-0.39, 0.29) is 5.69 Å². The second kappa shape index (κ2) is 7.25.